The minimum atomic E-state index is -0.846. The number of carbonyl (C=O) groups excluding carboxylic acids is 2. The molecule has 12 nitrogen and oxygen atoms in total. The summed E-state index contributed by atoms with van der Waals surface area (Å²) < 4.78 is 20.5. The molecule has 0 aromatic carbocycles. The van der Waals surface area contributed by atoms with Crippen molar-refractivity contribution in [2.45, 2.75) is 78.0 Å². The molecule has 0 aliphatic heterocycles. The molecule has 1 saturated carbocycles. The molecule has 0 spiro atoms. The van der Waals surface area contributed by atoms with Gasteiger partial charge in [-0.05, 0) is 59.6 Å². The summed E-state index contributed by atoms with van der Waals surface area (Å²) in [7, 11) is 0. The van der Waals surface area contributed by atoms with Crippen LogP contribution in [0.3, 0.4) is 0 Å². The van der Waals surface area contributed by atoms with Gasteiger partial charge in [0.15, 0.2) is 11.6 Å². The van der Waals surface area contributed by atoms with Crippen LogP contribution in [0.25, 0.3) is 5.69 Å². The van der Waals surface area contributed by atoms with Gasteiger partial charge in [0.1, 0.15) is 17.1 Å². The zero-order chi connectivity index (χ0) is 28.3. The van der Waals surface area contributed by atoms with Crippen molar-refractivity contribution in [1.82, 2.24) is 30.3 Å². The van der Waals surface area contributed by atoms with E-state index in [1.54, 1.807) is 33.0 Å². The maximum atomic E-state index is 15.1. The van der Waals surface area contributed by atoms with Crippen LogP contribution >= 0.6 is 0 Å². The van der Waals surface area contributed by atoms with Gasteiger partial charge in [-0.3, -0.25) is 9.78 Å². The maximum absolute atomic E-state index is 15.1. The van der Waals surface area contributed by atoms with Crippen molar-refractivity contribution in [2.75, 3.05) is 10.6 Å². The van der Waals surface area contributed by atoms with E-state index in [1.807, 2.05) is 13.8 Å². The molecule has 3 aromatic heterocycles. The average molecular weight is 540 g/mol. The summed E-state index contributed by atoms with van der Waals surface area (Å²) in [6.07, 6.45) is 5.77. The van der Waals surface area contributed by atoms with Crippen LogP contribution < -0.4 is 21.7 Å². The molecule has 1 fully saturated rings. The normalized spacial score (nSPS) is 17.4. The molecular weight excluding hydrogens is 505 g/mol. The molecule has 3 heterocycles. The largest absolute Gasteiger partial charge is 0.444 e. The number of anilines is 3. The van der Waals surface area contributed by atoms with E-state index in [2.05, 4.69) is 36.1 Å². The Kier molecular flexibility index (Phi) is 7.98. The second kappa shape index (κ2) is 11.2. The molecule has 39 heavy (non-hydrogen) atoms. The number of aryl methyl sites for hydroxylation is 2. The van der Waals surface area contributed by atoms with Crippen molar-refractivity contribution >= 4 is 29.3 Å². The van der Waals surface area contributed by atoms with Crippen molar-refractivity contribution in [3.8, 4) is 5.69 Å². The van der Waals surface area contributed by atoms with Crippen molar-refractivity contribution in [3.63, 3.8) is 0 Å². The minimum Gasteiger partial charge on any atom is -0.444 e. The number of nitrogens with zero attached hydrogens (tertiary/aromatic N) is 5. The molecule has 2 atom stereocenters. The molecule has 5 N–H and O–H groups in total. The lowest BCUT2D eigenvalue weighted by atomic mass is 9.90. The lowest BCUT2D eigenvalue weighted by molar-refractivity contribution is 0.0488. The molecule has 13 heteroatoms. The summed E-state index contributed by atoms with van der Waals surface area (Å²) >= 11 is 0. The first-order valence-electron chi connectivity index (χ1n) is 12.8. The highest BCUT2D eigenvalue weighted by Crippen LogP contribution is 2.28. The number of rotatable bonds is 7. The third-order valence-electron chi connectivity index (χ3n) is 6.26. The number of hydrogen-bond donors (Lipinski definition) is 4. The first-order chi connectivity index (χ1) is 18.4. The molecule has 3 aromatic rings. The van der Waals surface area contributed by atoms with Gasteiger partial charge in [-0.15, -0.1) is 4.80 Å². The molecule has 0 unspecified atom stereocenters. The first kappa shape index (κ1) is 27.7. The summed E-state index contributed by atoms with van der Waals surface area (Å²) in [6.45, 7) is 9.07. The Labute approximate surface area is 225 Å². The van der Waals surface area contributed by atoms with Gasteiger partial charge in [-0.25, -0.2) is 14.2 Å². The summed E-state index contributed by atoms with van der Waals surface area (Å²) in [5.41, 5.74) is 7.37. The number of carbonyl (C=O) groups is 2. The number of nitrogens with one attached hydrogen (secondary N) is 3. The van der Waals surface area contributed by atoms with E-state index in [-0.39, 0.29) is 29.3 Å². The molecular formula is C26H34FN9O3. The van der Waals surface area contributed by atoms with E-state index >= 15 is 4.39 Å². The third kappa shape index (κ3) is 6.98. The van der Waals surface area contributed by atoms with Crippen LogP contribution in [0.2, 0.25) is 0 Å². The molecule has 1 aliphatic rings. The highest BCUT2D eigenvalue weighted by Gasteiger charge is 2.30. The number of hydrogen-bond acceptors (Lipinski definition) is 9. The highest BCUT2D eigenvalue weighted by molar-refractivity contribution is 5.98. The van der Waals surface area contributed by atoms with Crippen LogP contribution in [0.15, 0.2) is 24.5 Å². The maximum Gasteiger partial charge on any atom is 0.407 e. The van der Waals surface area contributed by atoms with E-state index in [0.29, 0.717) is 24.2 Å². The second-order valence-electron chi connectivity index (χ2n) is 10.6. The van der Waals surface area contributed by atoms with E-state index in [0.717, 1.165) is 30.3 Å². The summed E-state index contributed by atoms with van der Waals surface area (Å²) in [5, 5.41) is 17.8. The van der Waals surface area contributed by atoms with Crippen LogP contribution in [0.1, 0.15) is 68.2 Å². The number of pyridine rings is 2. The van der Waals surface area contributed by atoms with E-state index < -0.39 is 23.4 Å². The van der Waals surface area contributed by atoms with E-state index in [1.165, 1.54) is 11.0 Å². The molecule has 208 valence electrons. The number of amides is 2. The quantitative estimate of drug-likeness (QED) is 0.349. The van der Waals surface area contributed by atoms with Crippen LogP contribution in [-0.4, -0.2) is 54.6 Å². The van der Waals surface area contributed by atoms with Crippen LogP contribution in [0, 0.1) is 19.7 Å². The second-order valence-corrected chi connectivity index (χ2v) is 10.6. The van der Waals surface area contributed by atoms with Gasteiger partial charge in [0.05, 0.1) is 41.1 Å². The predicted octanol–water partition coefficient (Wildman–Crippen LogP) is 3.90. The summed E-state index contributed by atoms with van der Waals surface area (Å²) in [5.74, 6) is -1.61. The Morgan fingerprint density at radius 1 is 1.05 bits per heavy atom. The number of alkyl carbamates (subject to hydrolysis) is 1. The van der Waals surface area contributed by atoms with Crippen molar-refractivity contribution in [1.29, 1.82) is 0 Å². The van der Waals surface area contributed by atoms with Gasteiger partial charge in [0.2, 0.25) is 0 Å². The van der Waals surface area contributed by atoms with Crippen molar-refractivity contribution in [3.05, 3.63) is 47.3 Å². The Balaban J connectivity index is 1.58. The van der Waals surface area contributed by atoms with Crippen molar-refractivity contribution in [2.24, 2.45) is 5.73 Å². The fourth-order valence-corrected chi connectivity index (χ4v) is 4.29. The fraction of sp³-hybridized carbons (Fsp3) is 0.462. The topological polar surface area (TPSA) is 162 Å². The van der Waals surface area contributed by atoms with Gasteiger partial charge < -0.3 is 26.4 Å². The Morgan fingerprint density at radius 2 is 1.72 bits per heavy atom. The highest BCUT2D eigenvalue weighted by atomic mass is 19.1. The van der Waals surface area contributed by atoms with Crippen molar-refractivity contribution < 1.29 is 18.7 Å². The number of nitrogens with two attached hydrogens (primary N) is 1. The van der Waals surface area contributed by atoms with Crippen LogP contribution in [-0.2, 0) is 4.74 Å². The number of halogens is 1. The zero-order valence-corrected chi connectivity index (χ0v) is 22.7. The van der Waals surface area contributed by atoms with Gasteiger partial charge in [-0.1, -0.05) is 12.8 Å². The van der Waals surface area contributed by atoms with Gasteiger partial charge >= 0.3 is 6.09 Å². The first-order valence-corrected chi connectivity index (χ1v) is 12.8. The van der Waals surface area contributed by atoms with Gasteiger partial charge in [0, 0.05) is 6.04 Å². The molecule has 2 amide bonds. The Bertz CT molecular complexity index is 1350. The molecule has 0 saturated heterocycles. The van der Waals surface area contributed by atoms with E-state index in [4.69, 9.17) is 10.5 Å². The lowest BCUT2D eigenvalue weighted by Gasteiger charge is -2.34. The fourth-order valence-electron chi connectivity index (χ4n) is 4.29. The predicted molar refractivity (Wildman–Crippen MR) is 144 cm³/mol. The number of aromatic nitrogens is 5. The number of primary amides is 1. The minimum absolute atomic E-state index is 0.0543. The summed E-state index contributed by atoms with van der Waals surface area (Å²) in [6, 6.07) is 2.16. The van der Waals surface area contributed by atoms with Crippen LogP contribution in [0.4, 0.5) is 26.5 Å². The molecule has 0 radical (unpaired) electrons. The number of ether oxygens (including phenoxy) is 1. The monoisotopic (exact) mass is 539 g/mol. The standard InChI is InChI=1S/C26H34FN9O3/c1-14-15(2)35-36(34-14)17-10-16(12-29-13-17)30-23-18(22(28)37)11-19(27)24(33-23)31-20-8-6-7-9-21(20)32-25(38)39-26(3,4)5/h10-13,20-21H,6-9H2,1-5H3,(H2,28,37)(H,32,38)(H2,30,31,33)/t20-,21+/m1/s1. The van der Waals surface area contributed by atoms with Gasteiger partial charge in [0.25, 0.3) is 5.91 Å². The Hall–Kier alpha value is -4.29. The third-order valence-corrected chi connectivity index (χ3v) is 6.26. The molecule has 4 rings (SSSR count). The lowest BCUT2D eigenvalue weighted by Crippen LogP contribution is -2.50. The van der Waals surface area contributed by atoms with Gasteiger partial charge in [-0.2, -0.15) is 10.2 Å². The molecule has 0 bridgehead atoms. The SMILES string of the molecule is Cc1nn(-c2cncc(Nc3nc(N[C@@H]4CCCC[C@@H]4NC(=O)OC(C)(C)C)c(F)cc3C(N)=O)c2)nc1C. The average Bonchev–Trinajstić information content (AvgIpc) is 3.19. The Morgan fingerprint density at radius 3 is 2.36 bits per heavy atom. The van der Waals surface area contributed by atoms with Crippen LogP contribution in [0.5, 0.6) is 0 Å². The molecule has 1 aliphatic carbocycles. The zero-order valence-electron chi connectivity index (χ0n) is 22.7. The van der Waals surface area contributed by atoms with E-state index in [9.17, 15) is 9.59 Å². The summed E-state index contributed by atoms with van der Waals surface area (Å²) in [4.78, 5) is 34.6. The smallest absolute Gasteiger partial charge is 0.407 e.